The number of hydrogen-bond acceptors (Lipinski definition) is 3. The summed E-state index contributed by atoms with van der Waals surface area (Å²) in [6.07, 6.45) is 4.11. The van der Waals surface area contributed by atoms with Gasteiger partial charge in [-0.1, -0.05) is 0 Å². The Hall–Kier alpha value is -1.52. The van der Waals surface area contributed by atoms with Crippen LogP contribution in [0.5, 0.6) is 0 Å². The molecule has 1 aliphatic rings. The number of hydrogen-bond donors (Lipinski definition) is 2. The highest BCUT2D eigenvalue weighted by atomic mass is 16.4. The van der Waals surface area contributed by atoms with Gasteiger partial charge in [0.2, 0.25) is 5.95 Å². The van der Waals surface area contributed by atoms with Crippen LogP contribution >= 0.6 is 0 Å². The summed E-state index contributed by atoms with van der Waals surface area (Å²) in [5.41, 5.74) is 0. The molecule has 0 aliphatic carbocycles. The number of aromatic nitrogens is 2. The van der Waals surface area contributed by atoms with Crippen LogP contribution in [-0.2, 0) is 4.79 Å². The molecule has 1 aliphatic heterocycles. The number of nitrogens with one attached hydrogen (secondary N) is 1. The van der Waals surface area contributed by atoms with Crippen LogP contribution in [0.4, 0.5) is 5.95 Å². The van der Waals surface area contributed by atoms with Gasteiger partial charge in [0.1, 0.15) is 0 Å². The molecule has 0 saturated carbocycles. The Kier molecular flexibility index (Phi) is 1.92. The van der Waals surface area contributed by atoms with Gasteiger partial charge >= 0.3 is 5.97 Å². The van der Waals surface area contributed by atoms with E-state index in [4.69, 9.17) is 5.11 Å². The van der Waals surface area contributed by atoms with E-state index in [1.165, 1.54) is 0 Å². The summed E-state index contributed by atoms with van der Waals surface area (Å²) in [4.78, 5) is 19.6. The highest BCUT2D eigenvalue weighted by Gasteiger charge is 2.28. The van der Waals surface area contributed by atoms with E-state index in [2.05, 4.69) is 9.97 Å². The number of anilines is 1. The van der Waals surface area contributed by atoms with Crippen molar-refractivity contribution in [3.63, 3.8) is 0 Å². The first-order chi connectivity index (χ1) is 6.27. The second-order valence-corrected chi connectivity index (χ2v) is 3.18. The smallest absolute Gasteiger partial charge is 0.308 e. The van der Waals surface area contributed by atoms with Crippen molar-refractivity contribution in [1.29, 1.82) is 0 Å². The minimum absolute atomic E-state index is 0.245. The summed E-state index contributed by atoms with van der Waals surface area (Å²) >= 11 is 0. The lowest BCUT2D eigenvalue weighted by molar-refractivity contribution is -0.140. The Labute approximate surface area is 75.4 Å². The van der Waals surface area contributed by atoms with Crippen molar-refractivity contribution >= 4 is 11.9 Å². The van der Waals surface area contributed by atoms with Gasteiger partial charge in [0.25, 0.3) is 0 Å². The molecule has 2 rings (SSSR count). The number of imidazole rings is 1. The van der Waals surface area contributed by atoms with Crippen LogP contribution in [0.15, 0.2) is 12.4 Å². The van der Waals surface area contributed by atoms with Crippen LogP contribution in [0.25, 0.3) is 0 Å². The molecule has 1 aromatic heterocycles. The standard InChI is InChI=1S/C8H11N3O2/c12-7(13)6-1-4-11(5-6)8-9-2-3-10-8/h2-3,6H,1,4-5H2,(H,9,10)(H,12,13). The molecular formula is C8H11N3O2. The molecule has 1 saturated heterocycles. The van der Waals surface area contributed by atoms with Gasteiger partial charge in [-0.2, -0.15) is 0 Å². The fraction of sp³-hybridized carbons (Fsp3) is 0.500. The number of carbonyl (C=O) groups is 1. The van der Waals surface area contributed by atoms with E-state index in [1.54, 1.807) is 12.4 Å². The van der Waals surface area contributed by atoms with Crippen molar-refractivity contribution in [3.05, 3.63) is 12.4 Å². The molecule has 70 valence electrons. The zero-order chi connectivity index (χ0) is 9.26. The SMILES string of the molecule is O=C(O)C1CCN(c2ncc[nH]2)C1. The zero-order valence-corrected chi connectivity index (χ0v) is 7.10. The number of rotatable bonds is 2. The lowest BCUT2D eigenvalue weighted by Gasteiger charge is -2.13. The lowest BCUT2D eigenvalue weighted by Crippen LogP contribution is -2.23. The minimum Gasteiger partial charge on any atom is -0.481 e. The highest BCUT2D eigenvalue weighted by Crippen LogP contribution is 2.20. The lowest BCUT2D eigenvalue weighted by atomic mass is 10.1. The molecule has 1 aromatic rings. The molecule has 0 spiro atoms. The third kappa shape index (κ3) is 1.49. The highest BCUT2D eigenvalue weighted by molar-refractivity contribution is 5.71. The third-order valence-corrected chi connectivity index (χ3v) is 2.32. The number of aliphatic carboxylic acids is 1. The number of nitrogens with zero attached hydrogens (tertiary/aromatic N) is 2. The molecule has 2 N–H and O–H groups in total. The molecule has 2 heterocycles. The summed E-state index contributed by atoms with van der Waals surface area (Å²) in [7, 11) is 0. The Morgan fingerprint density at radius 3 is 3.15 bits per heavy atom. The maximum atomic E-state index is 10.7. The maximum Gasteiger partial charge on any atom is 0.308 e. The average molecular weight is 181 g/mol. The van der Waals surface area contributed by atoms with Gasteiger partial charge in [-0.05, 0) is 6.42 Å². The largest absolute Gasteiger partial charge is 0.481 e. The van der Waals surface area contributed by atoms with Gasteiger partial charge in [-0.15, -0.1) is 0 Å². The van der Waals surface area contributed by atoms with Crippen molar-refractivity contribution in [2.75, 3.05) is 18.0 Å². The predicted molar refractivity (Wildman–Crippen MR) is 46.5 cm³/mol. The quantitative estimate of drug-likeness (QED) is 0.689. The van der Waals surface area contributed by atoms with Gasteiger partial charge in [-0.3, -0.25) is 4.79 Å². The zero-order valence-electron chi connectivity index (χ0n) is 7.10. The van der Waals surface area contributed by atoms with Crippen LogP contribution in [0.1, 0.15) is 6.42 Å². The van der Waals surface area contributed by atoms with Crippen molar-refractivity contribution in [2.45, 2.75) is 6.42 Å². The number of carboxylic acid groups (broad SMARTS) is 1. The monoisotopic (exact) mass is 181 g/mol. The molecule has 5 heteroatoms. The first-order valence-electron chi connectivity index (χ1n) is 4.24. The molecule has 0 bridgehead atoms. The van der Waals surface area contributed by atoms with Crippen LogP contribution in [0.3, 0.4) is 0 Å². The average Bonchev–Trinajstić information content (AvgIpc) is 2.75. The topological polar surface area (TPSA) is 69.2 Å². The Balaban J connectivity index is 2.03. The normalized spacial score (nSPS) is 22.2. The molecule has 5 nitrogen and oxygen atoms in total. The molecule has 1 fully saturated rings. The van der Waals surface area contributed by atoms with E-state index in [1.807, 2.05) is 4.90 Å². The molecule has 13 heavy (non-hydrogen) atoms. The molecule has 0 amide bonds. The molecule has 1 unspecified atom stereocenters. The second-order valence-electron chi connectivity index (χ2n) is 3.18. The van der Waals surface area contributed by atoms with Gasteiger partial charge in [-0.25, -0.2) is 4.98 Å². The predicted octanol–water partition coefficient (Wildman–Crippen LogP) is 0.321. The summed E-state index contributed by atoms with van der Waals surface area (Å²) in [6.45, 7) is 1.33. The van der Waals surface area contributed by atoms with E-state index in [-0.39, 0.29) is 5.92 Å². The summed E-state index contributed by atoms with van der Waals surface area (Å²) in [6, 6.07) is 0. The van der Waals surface area contributed by atoms with Gasteiger partial charge in [0.15, 0.2) is 0 Å². The van der Waals surface area contributed by atoms with Gasteiger partial charge in [0.05, 0.1) is 5.92 Å². The van der Waals surface area contributed by atoms with Crippen LogP contribution in [0, 0.1) is 5.92 Å². The first-order valence-corrected chi connectivity index (χ1v) is 4.24. The van der Waals surface area contributed by atoms with E-state index >= 15 is 0 Å². The number of H-pyrrole nitrogens is 1. The maximum absolute atomic E-state index is 10.7. The van der Waals surface area contributed by atoms with Crippen LogP contribution < -0.4 is 4.90 Å². The van der Waals surface area contributed by atoms with Crippen molar-refractivity contribution in [1.82, 2.24) is 9.97 Å². The van der Waals surface area contributed by atoms with Crippen molar-refractivity contribution < 1.29 is 9.90 Å². The summed E-state index contributed by atoms with van der Waals surface area (Å²) in [5, 5.41) is 8.77. The fourth-order valence-corrected chi connectivity index (χ4v) is 1.58. The molecule has 0 radical (unpaired) electrons. The van der Waals surface area contributed by atoms with Crippen LogP contribution in [-0.4, -0.2) is 34.1 Å². The first kappa shape index (κ1) is 8.10. The fourth-order valence-electron chi connectivity index (χ4n) is 1.58. The Morgan fingerprint density at radius 2 is 2.62 bits per heavy atom. The van der Waals surface area contributed by atoms with E-state index < -0.39 is 5.97 Å². The Morgan fingerprint density at radius 1 is 1.77 bits per heavy atom. The van der Waals surface area contributed by atoms with Crippen LogP contribution in [0.2, 0.25) is 0 Å². The third-order valence-electron chi connectivity index (χ3n) is 2.32. The molecular weight excluding hydrogens is 170 g/mol. The summed E-state index contributed by atoms with van der Waals surface area (Å²) < 4.78 is 0. The summed E-state index contributed by atoms with van der Waals surface area (Å²) in [5.74, 6) is -0.192. The number of carboxylic acids is 1. The molecule has 1 atom stereocenters. The van der Waals surface area contributed by atoms with E-state index in [9.17, 15) is 4.79 Å². The Bertz CT molecular complexity index is 296. The second kappa shape index (κ2) is 3.08. The minimum atomic E-state index is -0.714. The van der Waals surface area contributed by atoms with Crippen molar-refractivity contribution in [2.24, 2.45) is 5.92 Å². The van der Waals surface area contributed by atoms with Crippen molar-refractivity contribution in [3.8, 4) is 0 Å². The van der Waals surface area contributed by atoms with E-state index in [0.717, 1.165) is 12.5 Å². The van der Waals surface area contributed by atoms with E-state index in [0.29, 0.717) is 13.0 Å². The number of aromatic amines is 1. The molecule has 0 aromatic carbocycles. The van der Waals surface area contributed by atoms with Gasteiger partial charge < -0.3 is 15.0 Å². The van der Waals surface area contributed by atoms with Gasteiger partial charge in [0, 0.05) is 25.5 Å².